The van der Waals surface area contributed by atoms with Gasteiger partial charge in [0.1, 0.15) is 18.3 Å². The van der Waals surface area contributed by atoms with Gasteiger partial charge in [-0.2, -0.15) is 23.1 Å². The maximum atomic E-state index is 13.2. The van der Waals surface area contributed by atoms with E-state index in [0.29, 0.717) is 58.2 Å². The van der Waals surface area contributed by atoms with Gasteiger partial charge < -0.3 is 16.0 Å². The van der Waals surface area contributed by atoms with E-state index in [1.54, 1.807) is 18.3 Å². The van der Waals surface area contributed by atoms with Crippen LogP contribution >= 0.6 is 0 Å². The molecule has 0 saturated heterocycles. The van der Waals surface area contributed by atoms with E-state index in [9.17, 15) is 21.6 Å². The quantitative estimate of drug-likeness (QED) is 0.210. The van der Waals surface area contributed by atoms with Crippen molar-refractivity contribution in [2.75, 3.05) is 23.9 Å². The van der Waals surface area contributed by atoms with Crippen LogP contribution in [0.3, 0.4) is 0 Å². The molecule has 12 nitrogen and oxygen atoms in total. The first-order chi connectivity index (χ1) is 20.8. The van der Waals surface area contributed by atoms with Crippen LogP contribution in [0.25, 0.3) is 22.6 Å². The fourth-order valence-corrected chi connectivity index (χ4v) is 6.61. The van der Waals surface area contributed by atoms with E-state index in [2.05, 4.69) is 41.1 Å². The normalized spacial score (nSPS) is 19.1. The van der Waals surface area contributed by atoms with E-state index in [4.69, 9.17) is 0 Å². The molecule has 4 heterocycles. The zero-order valence-electron chi connectivity index (χ0n) is 23.1. The predicted octanol–water partition coefficient (Wildman–Crippen LogP) is 4.36. The number of aromatic nitrogens is 7. The van der Waals surface area contributed by atoms with Crippen molar-refractivity contribution < 1.29 is 21.6 Å². The summed E-state index contributed by atoms with van der Waals surface area (Å²) in [6, 6.07) is 5.31. The highest BCUT2D eigenvalue weighted by Crippen LogP contribution is 2.33. The first kappa shape index (κ1) is 29.0. The van der Waals surface area contributed by atoms with E-state index >= 15 is 0 Å². The zero-order valence-corrected chi connectivity index (χ0v) is 23.9. The fraction of sp³-hybridized carbons (Fsp3) is 0.444. The molecule has 0 radical (unpaired) electrons. The molecule has 6 rings (SSSR count). The fourth-order valence-electron chi connectivity index (χ4n) is 5.13. The van der Waals surface area contributed by atoms with E-state index in [1.165, 1.54) is 30.9 Å². The molecule has 0 atom stereocenters. The maximum absolute atomic E-state index is 13.2. The molecule has 43 heavy (non-hydrogen) atoms. The highest BCUT2D eigenvalue weighted by molar-refractivity contribution is 7.90. The Hall–Kier alpha value is -4.05. The van der Waals surface area contributed by atoms with Gasteiger partial charge in [-0.15, -0.1) is 0 Å². The smallest absolute Gasteiger partial charge is 0.333 e. The van der Waals surface area contributed by atoms with Gasteiger partial charge in [-0.1, -0.05) is 0 Å². The van der Waals surface area contributed by atoms with Gasteiger partial charge in [-0.25, -0.2) is 32.4 Å². The number of alkyl halides is 3. The van der Waals surface area contributed by atoms with Crippen LogP contribution in [0.2, 0.25) is 0 Å². The van der Waals surface area contributed by atoms with Crippen LogP contribution in [0.4, 0.5) is 30.5 Å². The van der Waals surface area contributed by atoms with Crippen molar-refractivity contribution in [2.24, 2.45) is 0 Å². The number of rotatable bonds is 12. The summed E-state index contributed by atoms with van der Waals surface area (Å²) in [6.07, 6.45) is 11.8. The maximum Gasteiger partial charge on any atom is 0.333 e. The van der Waals surface area contributed by atoms with E-state index in [1.807, 2.05) is 0 Å². The third-order valence-corrected chi connectivity index (χ3v) is 9.57. The van der Waals surface area contributed by atoms with Crippen molar-refractivity contribution in [1.29, 1.82) is 0 Å². The Kier molecular flexibility index (Phi) is 8.30. The Bertz CT molecular complexity index is 1670. The largest absolute Gasteiger partial charge is 0.382 e. The molecular formula is C27H31F3N10O2S. The van der Waals surface area contributed by atoms with Crippen LogP contribution in [-0.2, 0) is 10.0 Å². The van der Waals surface area contributed by atoms with Crippen LogP contribution in [-0.4, -0.2) is 72.9 Å². The van der Waals surface area contributed by atoms with Crippen molar-refractivity contribution in [1.82, 2.24) is 39.2 Å². The molecule has 2 aliphatic carbocycles. The lowest BCUT2D eigenvalue weighted by Crippen LogP contribution is -2.37. The van der Waals surface area contributed by atoms with Gasteiger partial charge in [0.25, 0.3) is 10.0 Å². The second-order valence-electron chi connectivity index (χ2n) is 10.6. The van der Waals surface area contributed by atoms with Crippen LogP contribution in [0.1, 0.15) is 45.1 Å². The van der Waals surface area contributed by atoms with E-state index < -0.39 is 28.5 Å². The molecule has 16 heteroatoms. The molecule has 2 fully saturated rings. The second-order valence-corrected chi connectivity index (χ2v) is 12.7. The number of halogens is 3. The van der Waals surface area contributed by atoms with Gasteiger partial charge in [0, 0.05) is 54.5 Å². The number of hydrogen-bond acceptors (Lipinski definition) is 10. The second kappa shape index (κ2) is 12.3. The van der Waals surface area contributed by atoms with Crippen molar-refractivity contribution in [2.45, 2.75) is 62.4 Å². The highest BCUT2D eigenvalue weighted by Gasteiger charge is 2.37. The SMILES string of the molecule is O=S(=O)(C1CC1)n1cc(-c2nccc(Nc3cc(NC4CCC(NCCF)CC4)c(-c4ccn(C(F)F)n4)cn3)n2)cn1. The summed E-state index contributed by atoms with van der Waals surface area (Å²) in [5.74, 6) is 1.14. The standard InChI is InChI=1S/C27H31F3N10O2S/c28-9-11-31-18-1-3-19(4-2-18)35-23-13-25(33-15-21(23)22-8-12-39(38-22)27(29)30)36-24-7-10-32-26(37-24)17-14-34-40(16-17)43(41,42)20-5-6-20/h7-8,10,12-16,18-20,27,31H,1-6,9,11H2,(H2,32,33,35,36,37). The molecular weight excluding hydrogens is 585 g/mol. The van der Waals surface area contributed by atoms with Gasteiger partial charge in [0.2, 0.25) is 0 Å². The summed E-state index contributed by atoms with van der Waals surface area (Å²) in [4.78, 5) is 13.3. The van der Waals surface area contributed by atoms with Crippen molar-refractivity contribution in [3.63, 3.8) is 0 Å². The molecule has 0 spiro atoms. The minimum Gasteiger partial charge on any atom is -0.382 e. The molecule has 0 aromatic carbocycles. The third kappa shape index (κ3) is 6.64. The molecule has 0 bridgehead atoms. The molecule has 0 amide bonds. The molecule has 2 aliphatic rings. The average Bonchev–Trinajstić information content (AvgIpc) is 3.54. The first-order valence-electron chi connectivity index (χ1n) is 14.1. The number of nitrogens with one attached hydrogen (secondary N) is 3. The predicted molar refractivity (Wildman–Crippen MR) is 154 cm³/mol. The summed E-state index contributed by atoms with van der Waals surface area (Å²) in [5.41, 5.74) is 2.03. The summed E-state index contributed by atoms with van der Waals surface area (Å²) in [7, 11) is -3.52. The molecule has 228 valence electrons. The lowest BCUT2D eigenvalue weighted by molar-refractivity contribution is 0.0568. The Labute approximate surface area is 246 Å². The third-order valence-electron chi connectivity index (χ3n) is 7.54. The van der Waals surface area contributed by atoms with Crippen LogP contribution in [0.5, 0.6) is 0 Å². The summed E-state index contributed by atoms with van der Waals surface area (Å²) in [5, 5.41) is 17.5. The minimum atomic E-state index is -3.52. The lowest BCUT2D eigenvalue weighted by Gasteiger charge is -2.30. The summed E-state index contributed by atoms with van der Waals surface area (Å²) >= 11 is 0. The van der Waals surface area contributed by atoms with Crippen LogP contribution < -0.4 is 16.0 Å². The first-order valence-corrected chi connectivity index (χ1v) is 15.6. The number of anilines is 3. The molecule has 0 unspecified atom stereocenters. The zero-order chi connectivity index (χ0) is 30.0. The van der Waals surface area contributed by atoms with Gasteiger partial charge in [0.05, 0.1) is 28.9 Å². The van der Waals surface area contributed by atoms with Gasteiger partial charge in [-0.05, 0) is 50.7 Å². The number of nitrogens with zero attached hydrogens (tertiary/aromatic N) is 7. The molecule has 3 N–H and O–H groups in total. The highest BCUT2D eigenvalue weighted by atomic mass is 32.2. The van der Waals surface area contributed by atoms with Gasteiger partial charge in [0.15, 0.2) is 5.82 Å². The Balaban J connectivity index is 1.22. The lowest BCUT2D eigenvalue weighted by atomic mass is 9.91. The number of pyridine rings is 1. The van der Waals surface area contributed by atoms with Gasteiger partial charge >= 0.3 is 6.55 Å². The van der Waals surface area contributed by atoms with Crippen LogP contribution in [0, 0.1) is 0 Å². The topological polar surface area (TPSA) is 145 Å². The van der Waals surface area contributed by atoms with Crippen LogP contribution in [0.15, 0.2) is 49.2 Å². The monoisotopic (exact) mass is 616 g/mol. The molecule has 2 saturated carbocycles. The Morgan fingerprint density at radius 1 is 1.00 bits per heavy atom. The summed E-state index contributed by atoms with van der Waals surface area (Å²) < 4.78 is 65.6. The molecule has 4 aromatic rings. The Morgan fingerprint density at radius 3 is 2.51 bits per heavy atom. The minimum absolute atomic E-state index is 0.115. The van der Waals surface area contributed by atoms with E-state index in [-0.39, 0.29) is 17.9 Å². The van der Waals surface area contributed by atoms with Gasteiger partial charge in [-0.3, -0.25) is 0 Å². The summed E-state index contributed by atoms with van der Waals surface area (Å²) in [6.45, 7) is -2.83. The van der Waals surface area contributed by atoms with E-state index in [0.717, 1.165) is 29.8 Å². The molecule has 4 aromatic heterocycles. The van der Waals surface area contributed by atoms with Crippen molar-refractivity contribution in [3.8, 4) is 22.6 Å². The van der Waals surface area contributed by atoms with Crippen molar-refractivity contribution in [3.05, 3.63) is 49.2 Å². The number of hydrogen-bond donors (Lipinski definition) is 3. The average molecular weight is 617 g/mol. The Morgan fingerprint density at radius 2 is 1.79 bits per heavy atom. The molecule has 0 aliphatic heterocycles. The van der Waals surface area contributed by atoms with Crippen molar-refractivity contribution >= 4 is 27.3 Å².